The molecule has 4 heteroatoms. The van der Waals surface area contributed by atoms with E-state index in [4.69, 9.17) is 0 Å². The van der Waals surface area contributed by atoms with Crippen LogP contribution < -0.4 is 5.32 Å². The molecule has 0 aliphatic carbocycles. The van der Waals surface area contributed by atoms with Crippen molar-refractivity contribution in [2.75, 3.05) is 26.2 Å². The van der Waals surface area contributed by atoms with Crippen molar-refractivity contribution in [3.63, 3.8) is 0 Å². The minimum atomic E-state index is -0.00571. The maximum Gasteiger partial charge on any atom is 0.234 e. The number of carbonyl (C=O) groups is 2. The lowest BCUT2D eigenvalue weighted by atomic mass is 10.0. The number of aryl methyl sites for hydroxylation is 1. The fraction of sp³-hybridized carbons (Fsp3) is 0.385. The van der Waals surface area contributed by atoms with Crippen LogP contribution in [0.15, 0.2) is 24.3 Å². The molecule has 90 valence electrons. The normalized spacial score (nSPS) is 16.6. The zero-order valence-corrected chi connectivity index (χ0v) is 9.90. The molecule has 1 aromatic carbocycles. The van der Waals surface area contributed by atoms with Gasteiger partial charge in [-0.1, -0.05) is 24.3 Å². The molecule has 1 heterocycles. The largest absolute Gasteiger partial charge is 0.354 e. The molecule has 1 aliphatic rings. The molecule has 4 nitrogen and oxygen atoms in total. The number of piperazine rings is 1. The monoisotopic (exact) mass is 232 g/mol. The van der Waals surface area contributed by atoms with Crippen LogP contribution in [0.3, 0.4) is 0 Å². The van der Waals surface area contributed by atoms with Crippen molar-refractivity contribution in [3.05, 3.63) is 35.4 Å². The summed E-state index contributed by atoms with van der Waals surface area (Å²) in [6, 6.07) is 7.54. The number of amides is 1. The van der Waals surface area contributed by atoms with E-state index in [1.165, 1.54) is 0 Å². The maximum absolute atomic E-state index is 12.1. The Morgan fingerprint density at radius 1 is 1.41 bits per heavy atom. The zero-order valence-electron chi connectivity index (χ0n) is 9.90. The van der Waals surface area contributed by atoms with E-state index in [1.54, 1.807) is 0 Å². The van der Waals surface area contributed by atoms with E-state index >= 15 is 0 Å². The van der Waals surface area contributed by atoms with Gasteiger partial charge < -0.3 is 5.32 Å². The zero-order chi connectivity index (χ0) is 12.3. The summed E-state index contributed by atoms with van der Waals surface area (Å²) in [5.41, 5.74) is 1.73. The molecule has 0 atom stereocenters. The molecule has 0 radical (unpaired) electrons. The van der Waals surface area contributed by atoms with E-state index in [9.17, 15) is 9.59 Å². The van der Waals surface area contributed by atoms with Gasteiger partial charge in [0.2, 0.25) is 5.91 Å². The van der Waals surface area contributed by atoms with Gasteiger partial charge in [0.25, 0.3) is 0 Å². The Balaban J connectivity index is 2.02. The number of hydrogen-bond acceptors (Lipinski definition) is 3. The van der Waals surface area contributed by atoms with Gasteiger partial charge in [0.15, 0.2) is 5.78 Å². The maximum atomic E-state index is 12.1. The number of nitrogens with one attached hydrogen (secondary N) is 1. The van der Waals surface area contributed by atoms with Gasteiger partial charge in [0.05, 0.1) is 13.1 Å². The molecule has 2 rings (SSSR count). The standard InChI is InChI=1S/C13H16N2O2/c1-10-4-2-3-5-11(10)12(16)8-15-7-6-14-13(17)9-15/h2-5H,6-9H2,1H3,(H,14,17). The molecule has 1 aliphatic heterocycles. The van der Waals surface area contributed by atoms with E-state index in [2.05, 4.69) is 5.32 Å². The Labute approximate surface area is 101 Å². The molecule has 0 bridgehead atoms. The van der Waals surface area contributed by atoms with Gasteiger partial charge >= 0.3 is 0 Å². The van der Waals surface area contributed by atoms with Crippen LogP contribution in [0.25, 0.3) is 0 Å². The van der Waals surface area contributed by atoms with E-state index in [0.717, 1.165) is 17.7 Å². The van der Waals surface area contributed by atoms with Gasteiger partial charge in [-0.25, -0.2) is 0 Å². The van der Waals surface area contributed by atoms with Gasteiger partial charge in [-0.2, -0.15) is 0 Å². The second-order valence-electron chi connectivity index (χ2n) is 4.30. The smallest absolute Gasteiger partial charge is 0.234 e. The molecule has 0 saturated carbocycles. The van der Waals surface area contributed by atoms with E-state index in [1.807, 2.05) is 36.1 Å². The van der Waals surface area contributed by atoms with Gasteiger partial charge in [0.1, 0.15) is 0 Å². The number of benzene rings is 1. The summed E-state index contributed by atoms with van der Waals surface area (Å²) in [5.74, 6) is 0.0756. The Bertz CT molecular complexity index is 443. The highest BCUT2D eigenvalue weighted by Gasteiger charge is 2.19. The molecule has 1 aromatic rings. The lowest BCUT2D eigenvalue weighted by Gasteiger charge is -2.25. The third-order valence-corrected chi connectivity index (χ3v) is 2.93. The van der Waals surface area contributed by atoms with Crippen LogP contribution in [-0.2, 0) is 4.79 Å². The Morgan fingerprint density at radius 2 is 2.18 bits per heavy atom. The number of ketones is 1. The average Bonchev–Trinajstić information content (AvgIpc) is 2.29. The van der Waals surface area contributed by atoms with Crippen LogP contribution >= 0.6 is 0 Å². The molecular formula is C13H16N2O2. The lowest BCUT2D eigenvalue weighted by molar-refractivity contribution is -0.123. The highest BCUT2D eigenvalue weighted by Crippen LogP contribution is 2.09. The van der Waals surface area contributed by atoms with Crippen LogP contribution in [0.2, 0.25) is 0 Å². The van der Waals surface area contributed by atoms with E-state index in [-0.39, 0.29) is 11.7 Å². The summed E-state index contributed by atoms with van der Waals surface area (Å²) >= 11 is 0. The minimum Gasteiger partial charge on any atom is -0.354 e. The number of hydrogen-bond donors (Lipinski definition) is 1. The lowest BCUT2D eigenvalue weighted by Crippen LogP contribution is -2.49. The quantitative estimate of drug-likeness (QED) is 0.777. The van der Waals surface area contributed by atoms with Crippen LogP contribution in [0.1, 0.15) is 15.9 Å². The molecular weight excluding hydrogens is 216 g/mol. The first kappa shape index (κ1) is 11.8. The van der Waals surface area contributed by atoms with E-state index in [0.29, 0.717) is 19.6 Å². The summed E-state index contributed by atoms with van der Waals surface area (Å²) in [6.45, 7) is 3.93. The van der Waals surface area contributed by atoms with Crippen molar-refractivity contribution in [2.45, 2.75) is 6.92 Å². The van der Waals surface area contributed by atoms with Gasteiger partial charge in [-0.05, 0) is 12.5 Å². The van der Waals surface area contributed by atoms with E-state index < -0.39 is 0 Å². The molecule has 17 heavy (non-hydrogen) atoms. The third-order valence-electron chi connectivity index (χ3n) is 2.93. The van der Waals surface area contributed by atoms with Crippen LogP contribution in [0.5, 0.6) is 0 Å². The van der Waals surface area contributed by atoms with Crippen LogP contribution in [-0.4, -0.2) is 42.8 Å². The number of nitrogens with zero attached hydrogens (tertiary/aromatic N) is 1. The molecule has 0 aromatic heterocycles. The number of rotatable bonds is 3. The minimum absolute atomic E-state index is 0.00571. The predicted octanol–water partition coefficient (Wildman–Crippen LogP) is 0.610. The summed E-state index contributed by atoms with van der Waals surface area (Å²) in [4.78, 5) is 25.1. The molecule has 1 saturated heterocycles. The second kappa shape index (κ2) is 5.10. The Morgan fingerprint density at radius 3 is 2.88 bits per heavy atom. The SMILES string of the molecule is Cc1ccccc1C(=O)CN1CCNC(=O)C1. The highest BCUT2D eigenvalue weighted by atomic mass is 16.2. The Kier molecular flexibility index (Phi) is 3.54. The summed E-state index contributed by atoms with van der Waals surface area (Å²) in [5, 5.41) is 2.74. The van der Waals surface area contributed by atoms with Crippen molar-refractivity contribution in [3.8, 4) is 0 Å². The van der Waals surface area contributed by atoms with Crippen molar-refractivity contribution in [2.24, 2.45) is 0 Å². The van der Waals surface area contributed by atoms with Crippen molar-refractivity contribution in [1.82, 2.24) is 10.2 Å². The summed E-state index contributed by atoms with van der Waals surface area (Å²) in [7, 11) is 0. The average molecular weight is 232 g/mol. The fourth-order valence-electron chi connectivity index (χ4n) is 2.00. The first-order valence-corrected chi connectivity index (χ1v) is 5.74. The molecule has 1 amide bonds. The Hall–Kier alpha value is -1.68. The molecule has 0 spiro atoms. The molecule has 1 N–H and O–H groups in total. The first-order chi connectivity index (χ1) is 8.16. The fourth-order valence-corrected chi connectivity index (χ4v) is 2.00. The first-order valence-electron chi connectivity index (χ1n) is 5.74. The summed E-state index contributed by atoms with van der Waals surface area (Å²) in [6.07, 6.45) is 0. The highest BCUT2D eigenvalue weighted by molar-refractivity contribution is 5.99. The van der Waals surface area contributed by atoms with Crippen molar-refractivity contribution in [1.29, 1.82) is 0 Å². The van der Waals surface area contributed by atoms with Crippen molar-refractivity contribution < 1.29 is 9.59 Å². The molecule has 0 unspecified atom stereocenters. The topological polar surface area (TPSA) is 49.4 Å². The third kappa shape index (κ3) is 2.91. The predicted molar refractivity (Wildman–Crippen MR) is 65.0 cm³/mol. The number of Topliss-reactive ketones (excluding diaryl/α,β-unsaturated/α-hetero) is 1. The van der Waals surface area contributed by atoms with Crippen molar-refractivity contribution >= 4 is 11.7 Å². The summed E-state index contributed by atoms with van der Waals surface area (Å²) < 4.78 is 0. The molecule has 1 fully saturated rings. The number of carbonyl (C=O) groups excluding carboxylic acids is 2. The van der Waals surface area contributed by atoms with Crippen LogP contribution in [0, 0.1) is 6.92 Å². The van der Waals surface area contributed by atoms with Gasteiger partial charge in [0, 0.05) is 18.7 Å². The second-order valence-corrected chi connectivity index (χ2v) is 4.30. The van der Waals surface area contributed by atoms with Crippen LogP contribution in [0.4, 0.5) is 0 Å². The van der Waals surface area contributed by atoms with Gasteiger partial charge in [-0.3, -0.25) is 14.5 Å². The van der Waals surface area contributed by atoms with Gasteiger partial charge in [-0.15, -0.1) is 0 Å².